The first-order valence-corrected chi connectivity index (χ1v) is 9.81. The molecule has 0 bridgehead atoms. The molecule has 0 aliphatic carbocycles. The maximum absolute atomic E-state index is 13.0. The van der Waals surface area contributed by atoms with Crippen LogP contribution in [0.2, 0.25) is 0 Å². The molecule has 1 atom stereocenters. The third-order valence-corrected chi connectivity index (χ3v) is 6.66. The molecule has 2 amide bonds. The van der Waals surface area contributed by atoms with Crippen molar-refractivity contribution in [3.63, 3.8) is 0 Å². The minimum absolute atomic E-state index is 0.00840. The molecule has 4 nitrogen and oxygen atoms in total. The monoisotopic (exact) mass is 366 g/mol. The first-order valence-electron chi connectivity index (χ1n) is 8.38. The molecule has 1 unspecified atom stereocenters. The molecule has 6 heteroatoms. The summed E-state index contributed by atoms with van der Waals surface area (Å²) in [4.78, 5) is 28.7. The van der Waals surface area contributed by atoms with Crippen LogP contribution in [0.3, 0.4) is 0 Å². The summed E-state index contributed by atoms with van der Waals surface area (Å²) in [5.41, 5.74) is 1.90. The normalized spacial score (nSPS) is 21.1. The average molecular weight is 367 g/mol. The minimum Gasteiger partial charge on any atom is -0.341 e. The fourth-order valence-corrected chi connectivity index (χ4v) is 5.08. The lowest BCUT2D eigenvalue weighted by molar-refractivity contribution is -0.132. The van der Waals surface area contributed by atoms with E-state index in [0.29, 0.717) is 13.1 Å². The third-order valence-electron chi connectivity index (χ3n) is 4.92. The number of likely N-dealkylation sites (tertiary alicyclic amines) is 1. The Bertz CT molecular complexity index is 624. The van der Waals surface area contributed by atoms with Gasteiger partial charge in [-0.1, -0.05) is 17.7 Å². The number of piperidine rings is 1. The number of halogens is 1. The van der Waals surface area contributed by atoms with E-state index < -0.39 is 5.38 Å². The molecule has 2 saturated heterocycles. The van der Waals surface area contributed by atoms with E-state index in [-0.39, 0.29) is 16.7 Å². The molecule has 1 spiro atoms. The number of rotatable bonds is 2. The van der Waals surface area contributed by atoms with Gasteiger partial charge in [0, 0.05) is 31.0 Å². The summed E-state index contributed by atoms with van der Waals surface area (Å²) in [5.74, 6) is 1.05. The summed E-state index contributed by atoms with van der Waals surface area (Å²) in [6.07, 6.45) is 1.62. The molecule has 3 rings (SSSR count). The Morgan fingerprint density at radius 3 is 2.38 bits per heavy atom. The smallest absolute Gasteiger partial charge is 0.254 e. The lowest BCUT2D eigenvalue weighted by Gasteiger charge is -2.44. The van der Waals surface area contributed by atoms with E-state index in [1.54, 1.807) is 6.92 Å². The predicted molar refractivity (Wildman–Crippen MR) is 98.5 cm³/mol. The Hall–Kier alpha value is -1.20. The summed E-state index contributed by atoms with van der Waals surface area (Å²) in [5, 5.41) is -0.486. The number of amides is 2. The molecule has 24 heavy (non-hydrogen) atoms. The van der Waals surface area contributed by atoms with Crippen molar-refractivity contribution in [1.29, 1.82) is 0 Å². The van der Waals surface area contributed by atoms with Gasteiger partial charge in [-0.25, -0.2) is 0 Å². The fourth-order valence-electron chi connectivity index (χ4n) is 3.49. The highest BCUT2D eigenvalue weighted by molar-refractivity contribution is 8.00. The van der Waals surface area contributed by atoms with Crippen LogP contribution in [0.15, 0.2) is 24.3 Å². The Morgan fingerprint density at radius 2 is 1.79 bits per heavy atom. The second kappa shape index (κ2) is 6.96. The largest absolute Gasteiger partial charge is 0.341 e. The van der Waals surface area contributed by atoms with Gasteiger partial charge in [-0.3, -0.25) is 9.59 Å². The zero-order valence-corrected chi connectivity index (χ0v) is 15.7. The van der Waals surface area contributed by atoms with Gasteiger partial charge in [-0.2, -0.15) is 0 Å². The van der Waals surface area contributed by atoms with Gasteiger partial charge in [0.15, 0.2) is 0 Å². The number of hydrogen-bond acceptors (Lipinski definition) is 3. The molecular formula is C18H23ClN2O2S. The lowest BCUT2D eigenvalue weighted by atomic mass is 10.0. The van der Waals surface area contributed by atoms with Crippen molar-refractivity contribution in [1.82, 2.24) is 9.80 Å². The molecule has 2 aliphatic rings. The van der Waals surface area contributed by atoms with Crippen LogP contribution in [0.1, 0.15) is 35.7 Å². The summed E-state index contributed by atoms with van der Waals surface area (Å²) >= 11 is 7.78. The van der Waals surface area contributed by atoms with Crippen molar-refractivity contribution < 1.29 is 9.59 Å². The van der Waals surface area contributed by atoms with Gasteiger partial charge in [0.1, 0.15) is 5.38 Å². The van der Waals surface area contributed by atoms with Gasteiger partial charge in [0.25, 0.3) is 5.91 Å². The van der Waals surface area contributed by atoms with Crippen LogP contribution in [0.5, 0.6) is 0 Å². The Balaban J connectivity index is 1.73. The highest BCUT2D eigenvalue weighted by Crippen LogP contribution is 2.44. The summed E-state index contributed by atoms with van der Waals surface area (Å²) in [7, 11) is 0. The highest BCUT2D eigenvalue weighted by atomic mass is 35.5. The molecule has 130 valence electrons. The van der Waals surface area contributed by atoms with Crippen molar-refractivity contribution in [2.45, 2.75) is 36.9 Å². The molecule has 2 heterocycles. The molecule has 0 saturated carbocycles. The average Bonchev–Trinajstić information content (AvgIpc) is 2.98. The van der Waals surface area contributed by atoms with E-state index in [0.717, 1.165) is 36.3 Å². The second-order valence-corrected chi connectivity index (χ2v) is 8.67. The van der Waals surface area contributed by atoms with Crippen LogP contribution in [-0.2, 0) is 4.79 Å². The number of benzene rings is 1. The first-order chi connectivity index (χ1) is 11.4. The maximum atomic E-state index is 13.0. The first kappa shape index (κ1) is 17.6. The zero-order chi connectivity index (χ0) is 17.3. The van der Waals surface area contributed by atoms with Crippen molar-refractivity contribution in [3.05, 3.63) is 35.4 Å². The topological polar surface area (TPSA) is 40.6 Å². The van der Waals surface area contributed by atoms with E-state index in [9.17, 15) is 9.59 Å². The number of carbonyl (C=O) groups is 2. The van der Waals surface area contributed by atoms with Crippen LogP contribution < -0.4 is 0 Å². The molecule has 1 aromatic carbocycles. The lowest BCUT2D eigenvalue weighted by Crippen LogP contribution is -2.54. The van der Waals surface area contributed by atoms with Crippen LogP contribution >= 0.6 is 23.4 Å². The summed E-state index contributed by atoms with van der Waals surface area (Å²) in [6, 6.07) is 7.77. The van der Waals surface area contributed by atoms with E-state index in [2.05, 4.69) is 0 Å². The van der Waals surface area contributed by atoms with Crippen LogP contribution in [-0.4, -0.2) is 57.2 Å². The summed E-state index contributed by atoms with van der Waals surface area (Å²) < 4.78 is 0. The Kier molecular flexibility index (Phi) is 5.11. The van der Waals surface area contributed by atoms with Gasteiger partial charge in [0.2, 0.25) is 5.91 Å². The quantitative estimate of drug-likeness (QED) is 0.755. The minimum atomic E-state index is -0.486. The van der Waals surface area contributed by atoms with Gasteiger partial charge < -0.3 is 9.80 Å². The van der Waals surface area contributed by atoms with Gasteiger partial charge in [-0.05, 0) is 38.8 Å². The van der Waals surface area contributed by atoms with Gasteiger partial charge >= 0.3 is 0 Å². The number of nitrogens with zero attached hydrogens (tertiary/aromatic N) is 2. The predicted octanol–water partition coefficient (Wildman–Crippen LogP) is 3.13. The van der Waals surface area contributed by atoms with Crippen molar-refractivity contribution in [2.75, 3.05) is 25.4 Å². The standard InChI is InChI=1S/C18H23ClN2O2S/c1-13-3-5-15(6-4-13)17(23)21-11-12-24-18(21)7-9-20(10-8-18)16(22)14(2)19/h3-6,14H,7-12H2,1-2H3. The molecule has 2 aliphatic heterocycles. The number of hydrogen-bond donors (Lipinski definition) is 0. The molecule has 0 aromatic heterocycles. The highest BCUT2D eigenvalue weighted by Gasteiger charge is 2.47. The molecule has 2 fully saturated rings. The Labute approximate surface area is 152 Å². The third kappa shape index (κ3) is 3.29. The van der Waals surface area contributed by atoms with Gasteiger partial charge in [0.05, 0.1) is 4.87 Å². The van der Waals surface area contributed by atoms with Crippen LogP contribution in [0.4, 0.5) is 0 Å². The number of carbonyl (C=O) groups excluding carboxylic acids is 2. The molecular weight excluding hydrogens is 344 g/mol. The van der Waals surface area contributed by atoms with E-state index in [1.807, 2.05) is 52.8 Å². The van der Waals surface area contributed by atoms with Crippen LogP contribution in [0.25, 0.3) is 0 Å². The van der Waals surface area contributed by atoms with Crippen molar-refractivity contribution >= 4 is 35.2 Å². The van der Waals surface area contributed by atoms with Gasteiger partial charge in [-0.15, -0.1) is 23.4 Å². The molecule has 0 N–H and O–H groups in total. The van der Waals surface area contributed by atoms with E-state index in [1.165, 1.54) is 0 Å². The molecule has 0 radical (unpaired) electrons. The van der Waals surface area contributed by atoms with E-state index in [4.69, 9.17) is 11.6 Å². The van der Waals surface area contributed by atoms with Crippen LogP contribution in [0, 0.1) is 6.92 Å². The summed E-state index contributed by atoms with van der Waals surface area (Å²) in [6.45, 7) is 5.84. The maximum Gasteiger partial charge on any atom is 0.254 e. The SMILES string of the molecule is Cc1ccc(C(=O)N2CCSC23CCN(C(=O)C(C)Cl)CC3)cc1. The fraction of sp³-hybridized carbons (Fsp3) is 0.556. The van der Waals surface area contributed by atoms with Crippen molar-refractivity contribution in [2.24, 2.45) is 0 Å². The van der Waals surface area contributed by atoms with Crippen molar-refractivity contribution in [3.8, 4) is 0 Å². The van der Waals surface area contributed by atoms with E-state index >= 15 is 0 Å². The molecule has 1 aromatic rings. The zero-order valence-electron chi connectivity index (χ0n) is 14.1. The Morgan fingerprint density at radius 1 is 1.17 bits per heavy atom. The number of thioether (sulfide) groups is 1. The number of alkyl halides is 1. The second-order valence-electron chi connectivity index (χ2n) is 6.56. The number of aryl methyl sites for hydroxylation is 1.